The predicted molar refractivity (Wildman–Crippen MR) is 127 cm³/mol. The third kappa shape index (κ3) is 26.8. The minimum absolute atomic E-state index is 0. The zero-order valence-corrected chi connectivity index (χ0v) is 20.2. The van der Waals surface area contributed by atoms with Crippen molar-refractivity contribution in [1.82, 2.24) is 10.6 Å². The van der Waals surface area contributed by atoms with Gasteiger partial charge in [-0.1, -0.05) is 27.2 Å². The molecule has 2 amide bonds. The molecule has 2 N–H and O–H groups in total. The summed E-state index contributed by atoms with van der Waals surface area (Å²) in [7, 11) is 0. The monoisotopic (exact) mass is 436 g/mol. The maximum absolute atomic E-state index is 11.6. The van der Waals surface area contributed by atoms with Crippen molar-refractivity contribution in [3.63, 3.8) is 0 Å². The summed E-state index contributed by atoms with van der Waals surface area (Å²) in [5.41, 5.74) is 0. The average molecular weight is 437 g/mol. The van der Waals surface area contributed by atoms with Gasteiger partial charge >= 0.3 is 0 Å². The van der Waals surface area contributed by atoms with Gasteiger partial charge in [0.25, 0.3) is 0 Å². The Morgan fingerprint density at radius 1 is 0.833 bits per heavy atom. The molecule has 0 aromatic rings. The van der Waals surface area contributed by atoms with Crippen LogP contribution in [-0.4, -0.2) is 64.0 Å². The van der Waals surface area contributed by atoms with Crippen LogP contribution >= 0.6 is 0 Å². The van der Waals surface area contributed by atoms with Gasteiger partial charge in [0.05, 0.1) is 19.3 Å². The molecule has 0 spiro atoms. The van der Waals surface area contributed by atoms with Gasteiger partial charge < -0.3 is 24.8 Å². The van der Waals surface area contributed by atoms with E-state index in [1.165, 1.54) is 6.92 Å². The standard InChI is InChI=1S/C21H42N2O5.C2H6.2H2/c1-4-11-19(2)28-18-21(25)23-13-8-6-10-15-27-17-16-26-14-9-5-7-12-22-20(3)24;1-2;;/h19H,4-18H2,1-3H3,(H,22,24)(H,23,25);1-2H3;2*1H. The maximum Gasteiger partial charge on any atom is 0.246 e. The summed E-state index contributed by atoms with van der Waals surface area (Å²) in [5, 5.41) is 5.67. The van der Waals surface area contributed by atoms with E-state index in [2.05, 4.69) is 17.6 Å². The van der Waals surface area contributed by atoms with E-state index in [4.69, 9.17) is 14.2 Å². The van der Waals surface area contributed by atoms with Gasteiger partial charge in [0, 0.05) is 36.1 Å². The van der Waals surface area contributed by atoms with Gasteiger partial charge in [0.2, 0.25) is 11.8 Å². The molecular weight excluding hydrogens is 384 g/mol. The average Bonchev–Trinajstić information content (AvgIpc) is 2.73. The lowest BCUT2D eigenvalue weighted by atomic mass is 10.2. The summed E-state index contributed by atoms with van der Waals surface area (Å²) in [4.78, 5) is 22.3. The number of unbranched alkanes of at least 4 members (excludes halogenated alkanes) is 4. The zero-order chi connectivity index (χ0) is 22.9. The molecular formula is C23H52N2O5. The van der Waals surface area contributed by atoms with Crippen molar-refractivity contribution in [3.05, 3.63) is 0 Å². The minimum atomic E-state index is -0.0357. The van der Waals surface area contributed by atoms with Crippen molar-refractivity contribution in [1.29, 1.82) is 0 Å². The highest BCUT2D eigenvalue weighted by Crippen LogP contribution is 2.00. The molecule has 0 fully saturated rings. The fourth-order valence-corrected chi connectivity index (χ4v) is 2.58. The SMILES string of the molecule is CC.CCCC(C)OCC(=O)NCCCCCOCCOCCCCCNC(C)=O.[HH].[HH]. The van der Waals surface area contributed by atoms with Crippen LogP contribution < -0.4 is 10.6 Å². The molecule has 0 rings (SSSR count). The van der Waals surface area contributed by atoms with Crippen LogP contribution in [0.3, 0.4) is 0 Å². The van der Waals surface area contributed by atoms with E-state index >= 15 is 0 Å². The summed E-state index contributed by atoms with van der Waals surface area (Å²) < 4.78 is 16.5. The molecule has 0 saturated carbocycles. The Bertz CT molecular complexity index is 391. The topological polar surface area (TPSA) is 85.9 Å². The molecule has 1 atom stereocenters. The first-order chi connectivity index (χ1) is 14.6. The van der Waals surface area contributed by atoms with Crippen molar-refractivity contribution >= 4 is 11.8 Å². The van der Waals surface area contributed by atoms with Crippen molar-refractivity contribution in [2.75, 3.05) is 46.1 Å². The van der Waals surface area contributed by atoms with E-state index in [1.807, 2.05) is 20.8 Å². The highest BCUT2D eigenvalue weighted by Gasteiger charge is 2.05. The number of carbonyl (C=O) groups is 2. The normalized spacial score (nSPS) is 11.4. The molecule has 0 heterocycles. The number of hydrogen-bond acceptors (Lipinski definition) is 5. The Labute approximate surface area is 188 Å². The van der Waals surface area contributed by atoms with Crippen LogP contribution in [0.2, 0.25) is 0 Å². The second-order valence-corrected chi connectivity index (χ2v) is 7.09. The second kappa shape index (κ2) is 25.9. The van der Waals surface area contributed by atoms with E-state index in [1.54, 1.807) is 0 Å². The molecule has 0 aliphatic heterocycles. The van der Waals surface area contributed by atoms with E-state index < -0.39 is 0 Å². The Hall–Kier alpha value is -1.18. The van der Waals surface area contributed by atoms with Crippen molar-refractivity contribution in [3.8, 4) is 0 Å². The van der Waals surface area contributed by atoms with Crippen LogP contribution in [0.5, 0.6) is 0 Å². The summed E-state index contributed by atoms with van der Waals surface area (Å²) >= 11 is 0. The molecule has 0 aliphatic rings. The summed E-state index contributed by atoms with van der Waals surface area (Å²) in [6, 6.07) is 0. The highest BCUT2D eigenvalue weighted by molar-refractivity contribution is 5.77. The summed E-state index contributed by atoms with van der Waals surface area (Å²) in [6.45, 7) is 13.9. The summed E-state index contributed by atoms with van der Waals surface area (Å²) in [5.74, 6) is -0.00770. The van der Waals surface area contributed by atoms with Gasteiger partial charge in [0.1, 0.15) is 6.61 Å². The predicted octanol–water partition coefficient (Wildman–Crippen LogP) is 4.34. The van der Waals surface area contributed by atoms with Crippen LogP contribution in [0.25, 0.3) is 0 Å². The van der Waals surface area contributed by atoms with E-state index in [9.17, 15) is 9.59 Å². The van der Waals surface area contributed by atoms with Crippen LogP contribution in [0, 0.1) is 0 Å². The first-order valence-corrected chi connectivity index (χ1v) is 11.8. The van der Waals surface area contributed by atoms with Crippen LogP contribution in [-0.2, 0) is 23.8 Å². The lowest BCUT2D eigenvalue weighted by Crippen LogP contribution is -2.30. The molecule has 0 saturated heterocycles. The van der Waals surface area contributed by atoms with Gasteiger partial charge in [-0.25, -0.2) is 0 Å². The molecule has 0 radical (unpaired) electrons. The first kappa shape index (κ1) is 31.0. The minimum Gasteiger partial charge on any atom is -0.379 e. The molecule has 0 aliphatic carbocycles. The maximum atomic E-state index is 11.6. The fourth-order valence-electron chi connectivity index (χ4n) is 2.58. The number of hydrogen-bond donors (Lipinski definition) is 2. The molecule has 0 aromatic carbocycles. The van der Waals surface area contributed by atoms with Gasteiger partial charge in [-0.3, -0.25) is 9.59 Å². The van der Waals surface area contributed by atoms with E-state index in [0.717, 1.165) is 71.1 Å². The summed E-state index contributed by atoms with van der Waals surface area (Å²) in [6.07, 6.45) is 8.23. The van der Waals surface area contributed by atoms with Gasteiger partial charge in [-0.15, -0.1) is 0 Å². The second-order valence-electron chi connectivity index (χ2n) is 7.09. The van der Waals surface area contributed by atoms with Gasteiger partial charge in [0.15, 0.2) is 0 Å². The molecule has 184 valence electrons. The number of amides is 2. The number of carbonyl (C=O) groups excluding carboxylic acids is 2. The molecule has 1 unspecified atom stereocenters. The quantitative estimate of drug-likeness (QED) is 0.277. The Balaban J connectivity index is -0.000000950. The van der Waals surface area contributed by atoms with Gasteiger partial charge in [-0.2, -0.15) is 0 Å². The number of ether oxygens (including phenoxy) is 3. The number of rotatable bonds is 20. The van der Waals surface area contributed by atoms with E-state index in [-0.39, 0.29) is 27.4 Å². The van der Waals surface area contributed by atoms with Crippen molar-refractivity contribution in [2.45, 2.75) is 92.1 Å². The molecule has 30 heavy (non-hydrogen) atoms. The Morgan fingerprint density at radius 3 is 1.87 bits per heavy atom. The largest absolute Gasteiger partial charge is 0.379 e. The molecule has 0 aromatic heterocycles. The molecule has 7 heteroatoms. The zero-order valence-electron chi connectivity index (χ0n) is 20.2. The van der Waals surface area contributed by atoms with Crippen molar-refractivity contribution in [2.24, 2.45) is 0 Å². The molecule has 0 bridgehead atoms. The Morgan fingerprint density at radius 2 is 1.37 bits per heavy atom. The van der Waals surface area contributed by atoms with Crippen LogP contribution in [0.1, 0.15) is 88.8 Å². The first-order valence-electron chi connectivity index (χ1n) is 11.8. The third-order valence-corrected chi connectivity index (χ3v) is 4.19. The van der Waals surface area contributed by atoms with Crippen LogP contribution in [0.4, 0.5) is 0 Å². The molecule has 7 nitrogen and oxygen atoms in total. The smallest absolute Gasteiger partial charge is 0.246 e. The lowest BCUT2D eigenvalue weighted by molar-refractivity contribution is -0.127. The fraction of sp³-hybridized carbons (Fsp3) is 0.913. The third-order valence-electron chi connectivity index (χ3n) is 4.19. The highest BCUT2D eigenvalue weighted by atomic mass is 16.5. The van der Waals surface area contributed by atoms with Crippen LogP contribution in [0.15, 0.2) is 0 Å². The van der Waals surface area contributed by atoms with Gasteiger partial charge in [-0.05, 0) is 51.9 Å². The Kier molecular flexibility index (Phi) is 26.7. The van der Waals surface area contributed by atoms with Crippen molar-refractivity contribution < 1.29 is 26.7 Å². The van der Waals surface area contributed by atoms with E-state index in [0.29, 0.717) is 19.8 Å². The lowest BCUT2D eigenvalue weighted by Gasteiger charge is -2.11. The number of nitrogens with one attached hydrogen (secondary N) is 2.